The van der Waals surface area contributed by atoms with Crippen LogP contribution in [-0.4, -0.2) is 17.5 Å². The Morgan fingerprint density at radius 1 is 1.00 bits per heavy atom. The average molecular weight is 304 g/mol. The van der Waals surface area contributed by atoms with E-state index in [0.29, 0.717) is 38.1 Å². The van der Waals surface area contributed by atoms with Crippen molar-refractivity contribution in [1.82, 2.24) is 5.43 Å². The third-order valence-corrected chi connectivity index (χ3v) is 2.97. The largest absolute Gasteiger partial charge is 0.263 e. The summed E-state index contributed by atoms with van der Waals surface area (Å²) in [6.07, 6.45) is 0. The van der Waals surface area contributed by atoms with Crippen LogP contribution >= 0.6 is 34.8 Å². The second-order valence-corrected chi connectivity index (χ2v) is 4.90. The molecular formula is C11H9Cl3N4. The van der Waals surface area contributed by atoms with Crippen LogP contribution in [0.3, 0.4) is 0 Å². The fourth-order valence-electron chi connectivity index (χ4n) is 1.42. The van der Waals surface area contributed by atoms with Crippen molar-refractivity contribution in [2.75, 3.05) is 0 Å². The van der Waals surface area contributed by atoms with Crippen LogP contribution in [0, 0.1) is 0 Å². The lowest BCUT2D eigenvalue weighted by Crippen LogP contribution is -2.14. The number of halogens is 3. The van der Waals surface area contributed by atoms with Crippen molar-refractivity contribution in [2.45, 2.75) is 13.8 Å². The first-order valence-electron chi connectivity index (χ1n) is 5.06. The van der Waals surface area contributed by atoms with Crippen LogP contribution in [0.5, 0.6) is 0 Å². The molecule has 94 valence electrons. The monoisotopic (exact) mass is 302 g/mol. The number of benzene rings is 1. The highest BCUT2D eigenvalue weighted by molar-refractivity contribution is 6.43. The van der Waals surface area contributed by atoms with Crippen molar-refractivity contribution in [1.29, 1.82) is 0 Å². The number of hydrogen-bond acceptors (Lipinski definition) is 4. The van der Waals surface area contributed by atoms with Gasteiger partial charge in [0.05, 0.1) is 15.6 Å². The number of rotatable bonds is 1. The van der Waals surface area contributed by atoms with Crippen molar-refractivity contribution >= 4 is 52.3 Å². The Balaban J connectivity index is 2.61. The molecular weight excluding hydrogens is 295 g/mol. The summed E-state index contributed by atoms with van der Waals surface area (Å²) in [5.41, 5.74) is 3.30. The highest BCUT2D eigenvalue weighted by atomic mass is 35.5. The second kappa shape index (κ2) is 5.26. The molecule has 0 bridgehead atoms. The molecule has 0 saturated heterocycles. The van der Waals surface area contributed by atoms with E-state index in [2.05, 4.69) is 20.5 Å². The van der Waals surface area contributed by atoms with E-state index >= 15 is 0 Å². The van der Waals surface area contributed by atoms with Crippen molar-refractivity contribution in [3.8, 4) is 0 Å². The van der Waals surface area contributed by atoms with Gasteiger partial charge in [-0.25, -0.2) is 9.98 Å². The zero-order valence-electron chi connectivity index (χ0n) is 9.63. The summed E-state index contributed by atoms with van der Waals surface area (Å²) < 4.78 is 0. The molecule has 0 atom stereocenters. The van der Waals surface area contributed by atoms with E-state index in [-0.39, 0.29) is 0 Å². The number of hydrazone groups is 1. The van der Waals surface area contributed by atoms with E-state index in [1.54, 1.807) is 26.0 Å². The summed E-state index contributed by atoms with van der Waals surface area (Å²) in [5.74, 6) is 1.55. The van der Waals surface area contributed by atoms with Crippen LogP contribution in [0.1, 0.15) is 19.4 Å². The summed E-state index contributed by atoms with van der Waals surface area (Å²) in [7, 11) is 0. The molecule has 0 unspecified atom stereocenters. The maximum atomic E-state index is 6.14. The van der Waals surface area contributed by atoms with Gasteiger partial charge in [0.25, 0.3) is 0 Å². The molecule has 1 heterocycles. The molecule has 7 heteroatoms. The highest BCUT2D eigenvalue weighted by Crippen LogP contribution is 2.30. The van der Waals surface area contributed by atoms with Crippen LogP contribution in [-0.2, 0) is 0 Å². The van der Waals surface area contributed by atoms with Crippen LogP contribution in [0.4, 0.5) is 0 Å². The first-order chi connectivity index (χ1) is 8.47. The lowest BCUT2D eigenvalue weighted by atomic mass is 10.2. The Labute approximate surface area is 119 Å². The Morgan fingerprint density at radius 3 is 2.22 bits per heavy atom. The minimum Gasteiger partial charge on any atom is -0.263 e. The molecule has 0 saturated carbocycles. The quantitative estimate of drug-likeness (QED) is 0.844. The Hall–Kier alpha value is -1.10. The van der Waals surface area contributed by atoms with Gasteiger partial charge in [-0.2, -0.15) is 5.10 Å². The van der Waals surface area contributed by atoms with Gasteiger partial charge in [-0.15, -0.1) is 0 Å². The molecule has 1 N–H and O–H groups in total. The van der Waals surface area contributed by atoms with Crippen LogP contribution in [0.2, 0.25) is 15.1 Å². The van der Waals surface area contributed by atoms with Gasteiger partial charge in [0, 0.05) is 5.02 Å². The SMILES string of the molecule is CC1=NNC(C)=NC(c2c(Cl)cc(Cl)cc2Cl)=N1. The first kappa shape index (κ1) is 13.3. The van der Waals surface area contributed by atoms with Gasteiger partial charge in [-0.1, -0.05) is 34.8 Å². The molecule has 1 aromatic carbocycles. The van der Waals surface area contributed by atoms with Gasteiger partial charge in [0.2, 0.25) is 0 Å². The zero-order chi connectivity index (χ0) is 13.3. The van der Waals surface area contributed by atoms with Crippen LogP contribution < -0.4 is 5.43 Å². The lowest BCUT2D eigenvalue weighted by Gasteiger charge is -2.07. The van der Waals surface area contributed by atoms with Gasteiger partial charge >= 0.3 is 0 Å². The molecule has 1 aliphatic rings. The van der Waals surface area contributed by atoms with Crippen LogP contribution in [0.15, 0.2) is 27.2 Å². The van der Waals surface area contributed by atoms with E-state index in [1.165, 1.54) is 0 Å². The summed E-state index contributed by atoms with van der Waals surface area (Å²) in [5, 5.41) is 5.26. The number of hydrogen-bond donors (Lipinski definition) is 1. The number of nitrogens with one attached hydrogen (secondary N) is 1. The maximum Gasteiger partial charge on any atom is 0.166 e. The molecule has 0 fully saturated rings. The lowest BCUT2D eigenvalue weighted by molar-refractivity contribution is 1.02. The Morgan fingerprint density at radius 2 is 1.61 bits per heavy atom. The predicted octanol–water partition coefficient (Wildman–Crippen LogP) is 3.75. The van der Waals surface area contributed by atoms with Crippen molar-refractivity contribution in [3.05, 3.63) is 32.8 Å². The Kier molecular flexibility index (Phi) is 3.90. The van der Waals surface area contributed by atoms with E-state index in [0.717, 1.165) is 0 Å². The molecule has 0 aromatic heterocycles. The number of amidine groups is 3. The van der Waals surface area contributed by atoms with Gasteiger partial charge in [0.15, 0.2) is 5.84 Å². The zero-order valence-corrected chi connectivity index (χ0v) is 11.9. The fourth-order valence-corrected chi connectivity index (χ4v) is 2.40. The first-order valence-corrected chi connectivity index (χ1v) is 6.20. The molecule has 0 amide bonds. The van der Waals surface area contributed by atoms with Gasteiger partial charge in [0.1, 0.15) is 11.7 Å². The molecule has 2 rings (SSSR count). The van der Waals surface area contributed by atoms with E-state index in [9.17, 15) is 0 Å². The maximum absolute atomic E-state index is 6.14. The fraction of sp³-hybridized carbons (Fsp3) is 0.182. The predicted molar refractivity (Wildman–Crippen MR) is 77.4 cm³/mol. The van der Waals surface area contributed by atoms with Crippen molar-refractivity contribution < 1.29 is 0 Å². The topological polar surface area (TPSA) is 49.1 Å². The van der Waals surface area contributed by atoms with E-state index in [4.69, 9.17) is 34.8 Å². The second-order valence-electron chi connectivity index (χ2n) is 3.65. The average Bonchev–Trinajstić information content (AvgIpc) is 2.39. The summed E-state index contributed by atoms with van der Waals surface area (Å²) in [4.78, 5) is 8.53. The standard InChI is InChI=1S/C11H9Cl3N4/c1-5-15-11(16-6(2)18-17-5)10-8(13)3-7(12)4-9(10)14/h3-4H,1-2H3,(H,15,16,17,18). The summed E-state index contributed by atoms with van der Waals surface area (Å²) >= 11 is 18.1. The van der Waals surface area contributed by atoms with Gasteiger partial charge < -0.3 is 0 Å². The molecule has 0 aliphatic carbocycles. The van der Waals surface area contributed by atoms with Crippen LogP contribution in [0.25, 0.3) is 0 Å². The summed E-state index contributed by atoms with van der Waals surface area (Å²) in [6.45, 7) is 3.52. The summed E-state index contributed by atoms with van der Waals surface area (Å²) in [6, 6.07) is 3.20. The Bertz CT molecular complexity index is 567. The molecule has 1 aromatic rings. The molecule has 4 nitrogen and oxygen atoms in total. The molecule has 18 heavy (non-hydrogen) atoms. The van der Waals surface area contributed by atoms with Gasteiger partial charge in [-0.3, -0.25) is 5.43 Å². The van der Waals surface area contributed by atoms with Crippen molar-refractivity contribution in [3.63, 3.8) is 0 Å². The van der Waals surface area contributed by atoms with E-state index < -0.39 is 0 Å². The number of nitrogens with zero attached hydrogens (tertiary/aromatic N) is 3. The third kappa shape index (κ3) is 2.83. The molecule has 0 spiro atoms. The van der Waals surface area contributed by atoms with E-state index in [1.807, 2.05) is 0 Å². The normalized spacial score (nSPS) is 15.3. The minimum atomic E-state index is 0.400. The highest BCUT2D eigenvalue weighted by Gasteiger charge is 2.15. The third-order valence-electron chi connectivity index (χ3n) is 2.15. The van der Waals surface area contributed by atoms with Crippen molar-refractivity contribution in [2.24, 2.45) is 15.1 Å². The molecule has 1 aliphatic heterocycles. The number of aliphatic imine (C=N–C) groups is 2. The minimum absolute atomic E-state index is 0.400. The smallest absolute Gasteiger partial charge is 0.166 e. The molecule has 0 radical (unpaired) electrons. The van der Waals surface area contributed by atoms with Gasteiger partial charge in [-0.05, 0) is 26.0 Å².